The number of rotatable bonds is 1. The Labute approximate surface area is 80.4 Å². The van der Waals surface area contributed by atoms with Gasteiger partial charge in [-0.3, -0.25) is 9.78 Å². The molecule has 1 aromatic heterocycles. The fourth-order valence-corrected chi connectivity index (χ4v) is 1.50. The molecule has 0 atom stereocenters. The van der Waals surface area contributed by atoms with Crippen molar-refractivity contribution in [2.75, 3.05) is 0 Å². The number of Topliss-reactive ketones (excluding diaryl/α,β-unsaturated/α-hetero) is 1. The summed E-state index contributed by atoms with van der Waals surface area (Å²) in [6.45, 7) is 1.36. The molecular weight excluding hydrogens is 181 g/mol. The third-order valence-electron chi connectivity index (χ3n) is 2.12. The molecule has 0 unspecified atom stereocenters. The topological polar surface area (TPSA) is 30.0 Å². The highest BCUT2D eigenvalue weighted by atomic mass is 19.1. The van der Waals surface area contributed by atoms with Crippen LogP contribution in [0.15, 0.2) is 30.6 Å². The van der Waals surface area contributed by atoms with Gasteiger partial charge in [-0.2, -0.15) is 0 Å². The Kier molecular flexibility index (Phi) is 2.00. The molecule has 0 aliphatic carbocycles. The van der Waals surface area contributed by atoms with Gasteiger partial charge in [0.05, 0.1) is 5.56 Å². The molecular formula is C11H8FNO. The zero-order chi connectivity index (χ0) is 10.1. The summed E-state index contributed by atoms with van der Waals surface area (Å²) in [5.74, 6) is -0.740. The molecule has 70 valence electrons. The van der Waals surface area contributed by atoms with Crippen LogP contribution in [0, 0.1) is 5.82 Å². The summed E-state index contributed by atoms with van der Waals surface area (Å²) >= 11 is 0. The molecule has 0 aliphatic heterocycles. The number of benzene rings is 1. The lowest BCUT2D eigenvalue weighted by molar-refractivity contribution is 0.101. The summed E-state index contributed by atoms with van der Waals surface area (Å²) in [4.78, 5) is 15.1. The van der Waals surface area contributed by atoms with Crippen molar-refractivity contribution < 1.29 is 9.18 Å². The van der Waals surface area contributed by atoms with E-state index in [1.165, 1.54) is 13.0 Å². The van der Waals surface area contributed by atoms with Crippen LogP contribution in [0.4, 0.5) is 4.39 Å². The Balaban J connectivity index is 2.90. The van der Waals surface area contributed by atoms with Gasteiger partial charge in [0.1, 0.15) is 5.82 Å². The van der Waals surface area contributed by atoms with Crippen molar-refractivity contribution in [1.82, 2.24) is 4.98 Å². The average molecular weight is 189 g/mol. The number of carbonyl (C=O) groups excluding carboxylic acids is 1. The second-order valence-electron chi connectivity index (χ2n) is 3.08. The number of aromatic nitrogens is 1. The standard InChI is InChI=1S/C11H8FNO/c1-7(14)11-9-4-5-13-6-8(9)2-3-10(11)12/h2-6H,1H3. The van der Waals surface area contributed by atoms with Crippen molar-refractivity contribution in [2.24, 2.45) is 0 Å². The van der Waals surface area contributed by atoms with E-state index in [1.807, 2.05) is 0 Å². The summed E-state index contributed by atoms with van der Waals surface area (Å²) in [7, 11) is 0. The lowest BCUT2D eigenvalue weighted by Crippen LogP contribution is -1.98. The lowest BCUT2D eigenvalue weighted by atomic mass is 10.0. The van der Waals surface area contributed by atoms with Crippen LogP contribution in [0.25, 0.3) is 10.8 Å². The summed E-state index contributed by atoms with van der Waals surface area (Å²) in [5, 5.41) is 1.40. The van der Waals surface area contributed by atoms with E-state index in [0.29, 0.717) is 5.39 Å². The van der Waals surface area contributed by atoms with Crippen LogP contribution in [0.1, 0.15) is 17.3 Å². The first-order valence-corrected chi connectivity index (χ1v) is 4.23. The maximum Gasteiger partial charge on any atom is 0.163 e. The minimum atomic E-state index is -0.476. The molecule has 0 saturated carbocycles. The summed E-state index contributed by atoms with van der Waals surface area (Å²) < 4.78 is 13.3. The monoisotopic (exact) mass is 189 g/mol. The van der Waals surface area contributed by atoms with Gasteiger partial charge in [-0.1, -0.05) is 0 Å². The Morgan fingerprint density at radius 1 is 1.36 bits per heavy atom. The highest BCUT2D eigenvalue weighted by Gasteiger charge is 2.11. The zero-order valence-electron chi connectivity index (χ0n) is 7.62. The molecule has 1 aromatic carbocycles. The maximum absolute atomic E-state index is 13.3. The average Bonchev–Trinajstić information content (AvgIpc) is 2.17. The quantitative estimate of drug-likeness (QED) is 0.645. The number of carbonyl (C=O) groups is 1. The molecule has 0 spiro atoms. The zero-order valence-corrected chi connectivity index (χ0v) is 7.62. The van der Waals surface area contributed by atoms with Crippen molar-refractivity contribution in [3.63, 3.8) is 0 Å². The van der Waals surface area contributed by atoms with Crippen LogP contribution < -0.4 is 0 Å². The van der Waals surface area contributed by atoms with Gasteiger partial charge in [0.15, 0.2) is 5.78 Å². The molecule has 0 amide bonds. The van der Waals surface area contributed by atoms with Crippen LogP contribution in [0.5, 0.6) is 0 Å². The Morgan fingerprint density at radius 2 is 2.14 bits per heavy atom. The first-order valence-electron chi connectivity index (χ1n) is 4.23. The largest absolute Gasteiger partial charge is 0.294 e. The van der Waals surface area contributed by atoms with Crippen molar-refractivity contribution in [1.29, 1.82) is 0 Å². The number of hydrogen-bond donors (Lipinski definition) is 0. The first-order chi connectivity index (χ1) is 6.70. The molecule has 2 nitrogen and oxygen atoms in total. The minimum absolute atomic E-state index is 0.143. The van der Waals surface area contributed by atoms with E-state index < -0.39 is 5.82 Å². The molecule has 0 radical (unpaired) electrons. The van der Waals surface area contributed by atoms with Gasteiger partial charge in [-0.25, -0.2) is 4.39 Å². The van der Waals surface area contributed by atoms with Crippen LogP contribution in [-0.2, 0) is 0 Å². The van der Waals surface area contributed by atoms with Crippen LogP contribution >= 0.6 is 0 Å². The van der Waals surface area contributed by atoms with E-state index >= 15 is 0 Å². The molecule has 0 N–H and O–H groups in total. The fourth-order valence-electron chi connectivity index (χ4n) is 1.50. The third-order valence-corrected chi connectivity index (χ3v) is 2.12. The van der Waals surface area contributed by atoms with Crippen LogP contribution in [0.2, 0.25) is 0 Å². The second-order valence-corrected chi connectivity index (χ2v) is 3.08. The molecule has 0 bridgehead atoms. The Hall–Kier alpha value is -1.77. The van der Waals surface area contributed by atoms with Gasteiger partial charge < -0.3 is 0 Å². The van der Waals surface area contributed by atoms with Crippen molar-refractivity contribution in [2.45, 2.75) is 6.92 Å². The number of ketones is 1. The summed E-state index contributed by atoms with van der Waals surface area (Å²) in [6.07, 6.45) is 3.16. The van der Waals surface area contributed by atoms with E-state index in [9.17, 15) is 9.18 Å². The minimum Gasteiger partial charge on any atom is -0.294 e. The molecule has 1 heterocycles. The van der Waals surface area contributed by atoms with Gasteiger partial charge >= 0.3 is 0 Å². The summed E-state index contributed by atoms with van der Waals surface area (Å²) in [6, 6.07) is 4.56. The van der Waals surface area contributed by atoms with Crippen molar-refractivity contribution in [3.8, 4) is 0 Å². The van der Waals surface area contributed by atoms with E-state index in [4.69, 9.17) is 0 Å². The van der Waals surface area contributed by atoms with Gasteiger partial charge in [-0.05, 0) is 30.5 Å². The lowest BCUT2D eigenvalue weighted by Gasteiger charge is -2.03. The van der Waals surface area contributed by atoms with Crippen molar-refractivity contribution >= 4 is 16.6 Å². The number of nitrogens with zero attached hydrogens (tertiary/aromatic N) is 1. The second kappa shape index (κ2) is 3.18. The highest BCUT2D eigenvalue weighted by molar-refractivity contribution is 6.06. The summed E-state index contributed by atoms with van der Waals surface area (Å²) in [5.41, 5.74) is 0.143. The Bertz CT molecular complexity index is 508. The number of hydrogen-bond acceptors (Lipinski definition) is 2. The number of pyridine rings is 1. The normalized spacial score (nSPS) is 10.4. The Morgan fingerprint density at radius 3 is 2.86 bits per heavy atom. The van der Waals surface area contributed by atoms with Gasteiger partial charge in [0, 0.05) is 17.8 Å². The predicted molar refractivity (Wildman–Crippen MR) is 51.7 cm³/mol. The molecule has 0 aliphatic rings. The van der Waals surface area contributed by atoms with Gasteiger partial charge in [-0.15, -0.1) is 0 Å². The molecule has 0 saturated heterocycles. The van der Waals surface area contributed by atoms with E-state index in [2.05, 4.69) is 4.98 Å². The molecule has 14 heavy (non-hydrogen) atoms. The molecule has 2 rings (SSSR count). The number of halogens is 1. The predicted octanol–water partition coefficient (Wildman–Crippen LogP) is 2.58. The van der Waals surface area contributed by atoms with E-state index in [0.717, 1.165) is 5.39 Å². The number of fused-ring (bicyclic) bond motifs is 1. The first kappa shape index (κ1) is 8.81. The fraction of sp³-hybridized carbons (Fsp3) is 0.0909. The van der Waals surface area contributed by atoms with Crippen LogP contribution in [-0.4, -0.2) is 10.8 Å². The van der Waals surface area contributed by atoms with Gasteiger partial charge in [0.2, 0.25) is 0 Å². The maximum atomic E-state index is 13.3. The van der Waals surface area contributed by atoms with E-state index in [-0.39, 0.29) is 11.3 Å². The highest BCUT2D eigenvalue weighted by Crippen LogP contribution is 2.20. The van der Waals surface area contributed by atoms with Crippen molar-refractivity contribution in [3.05, 3.63) is 42.0 Å². The van der Waals surface area contributed by atoms with Gasteiger partial charge in [0.25, 0.3) is 0 Å². The molecule has 0 fully saturated rings. The molecule has 2 aromatic rings. The molecule has 3 heteroatoms. The SMILES string of the molecule is CC(=O)c1c(F)ccc2cnccc12. The third kappa shape index (κ3) is 1.27. The van der Waals surface area contributed by atoms with E-state index in [1.54, 1.807) is 24.5 Å². The smallest absolute Gasteiger partial charge is 0.163 e. The van der Waals surface area contributed by atoms with Crippen LogP contribution in [0.3, 0.4) is 0 Å².